The first-order chi connectivity index (χ1) is 15.0. The lowest BCUT2D eigenvalue weighted by atomic mass is 9.90. The Morgan fingerprint density at radius 1 is 0.839 bits per heavy atom. The SMILES string of the molecule is CCCc1cc2c(c(F)c1F)Oc1c(ccc(CCC3CCC(CCC)OC3)c1F)C2. The minimum Gasteiger partial charge on any atom is -0.450 e. The monoisotopic (exact) mass is 432 g/mol. The van der Waals surface area contributed by atoms with Crippen LogP contribution in [-0.4, -0.2) is 12.7 Å². The van der Waals surface area contributed by atoms with Crippen LogP contribution in [0.3, 0.4) is 0 Å². The van der Waals surface area contributed by atoms with E-state index in [2.05, 4.69) is 6.92 Å². The average Bonchev–Trinajstić information content (AvgIpc) is 2.77. The van der Waals surface area contributed by atoms with Crippen molar-refractivity contribution in [3.63, 3.8) is 0 Å². The quantitative estimate of drug-likeness (QED) is 0.390. The van der Waals surface area contributed by atoms with E-state index in [4.69, 9.17) is 9.47 Å². The maximum Gasteiger partial charge on any atom is 0.201 e. The van der Waals surface area contributed by atoms with Gasteiger partial charge in [-0.3, -0.25) is 0 Å². The standard InChI is InChI=1S/C26H31F3O2/c1-3-5-18-13-20-14-19-11-10-17(9-7-16-8-12-21(6-4-2)30-15-16)23(28)25(19)31-26(20)24(29)22(18)27/h10-11,13,16,21H,3-9,12,14-15H2,1-2H3. The largest absolute Gasteiger partial charge is 0.450 e. The van der Waals surface area contributed by atoms with E-state index in [1.54, 1.807) is 12.1 Å². The van der Waals surface area contributed by atoms with Crippen LogP contribution in [0.15, 0.2) is 18.2 Å². The van der Waals surface area contributed by atoms with E-state index in [1.165, 1.54) is 0 Å². The fourth-order valence-corrected chi connectivity index (χ4v) is 4.80. The molecule has 2 aliphatic heterocycles. The zero-order valence-electron chi connectivity index (χ0n) is 18.4. The summed E-state index contributed by atoms with van der Waals surface area (Å²) in [6.07, 6.45) is 7.69. The summed E-state index contributed by atoms with van der Waals surface area (Å²) in [5.41, 5.74) is 2.15. The molecule has 2 unspecified atom stereocenters. The van der Waals surface area contributed by atoms with Gasteiger partial charge in [0.1, 0.15) is 0 Å². The van der Waals surface area contributed by atoms with Crippen LogP contribution in [0.4, 0.5) is 13.2 Å². The molecule has 0 saturated carbocycles. The number of fused-ring (bicyclic) bond motifs is 2. The molecule has 2 atom stereocenters. The van der Waals surface area contributed by atoms with Crippen molar-refractivity contribution in [3.8, 4) is 11.5 Å². The minimum atomic E-state index is -1.02. The van der Waals surface area contributed by atoms with Gasteiger partial charge in [-0.25, -0.2) is 8.78 Å². The second-order valence-electron chi connectivity index (χ2n) is 8.93. The Bertz CT molecular complexity index is 933. The lowest BCUT2D eigenvalue weighted by Crippen LogP contribution is -2.26. The van der Waals surface area contributed by atoms with E-state index >= 15 is 4.39 Å². The van der Waals surface area contributed by atoms with Crippen LogP contribution >= 0.6 is 0 Å². The summed E-state index contributed by atoms with van der Waals surface area (Å²) in [6, 6.07) is 5.31. The molecule has 2 heterocycles. The van der Waals surface area contributed by atoms with Gasteiger partial charge in [0.25, 0.3) is 0 Å². The third kappa shape index (κ3) is 4.62. The molecule has 5 heteroatoms. The smallest absolute Gasteiger partial charge is 0.201 e. The van der Waals surface area contributed by atoms with E-state index < -0.39 is 17.5 Å². The summed E-state index contributed by atoms with van der Waals surface area (Å²) < 4.78 is 55.8. The minimum absolute atomic E-state index is 0.0365. The molecule has 31 heavy (non-hydrogen) atoms. The van der Waals surface area contributed by atoms with Gasteiger partial charge in [0.05, 0.1) is 6.10 Å². The van der Waals surface area contributed by atoms with E-state index in [-0.39, 0.29) is 11.5 Å². The molecule has 1 fully saturated rings. The number of benzene rings is 2. The van der Waals surface area contributed by atoms with Crippen LogP contribution in [0, 0.1) is 23.4 Å². The van der Waals surface area contributed by atoms with Gasteiger partial charge >= 0.3 is 0 Å². The fourth-order valence-electron chi connectivity index (χ4n) is 4.80. The van der Waals surface area contributed by atoms with E-state index in [1.807, 2.05) is 13.0 Å². The summed E-state index contributed by atoms with van der Waals surface area (Å²) in [4.78, 5) is 0. The highest BCUT2D eigenvalue weighted by Crippen LogP contribution is 2.42. The van der Waals surface area contributed by atoms with Crippen molar-refractivity contribution in [2.24, 2.45) is 5.92 Å². The Morgan fingerprint density at radius 2 is 1.65 bits per heavy atom. The van der Waals surface area contributed by atoms with E-state index in [9.17, 15) is 8.78 Å². The zero-order valence-corrected chi connectivity index (χ0v) is 18.4. The highest BCUT2D eigenvalue weighted by atomic mass is 19.2. The van der Waals surface area contributed by atoms with Crippen LogP contribution in [0.2, 0.25) is 0 Å². The summed E-state index contributed by atoms with van der Waals surface area (Å²) in [5.74, 6) is -2.08. The van der Waals surface area contributed by atoms with Crippen molar-refractivity contribution in [2.75, 3.05) is 6.61 Å². The topological polar surface area (TPSA) is 18.5 Å². The molecule has 0 bridgehead atoms. The van der Waals surface area contributed by atoms with Gasteiger partial charge in [-0.05, 0) is 61.6 Å². The Hall–Kier alpha value is -2.01. The molecular formula is C26H31F3O2. The maximum absolute atomic E-state index is 15.2. The van der Waals surface area contributed by atoms with Gasteiger partial charge in [-0.15, -0.1) is 0 Å². The third-order valence-corrected chi connectivity index (χ3v) is 6.57. The summed E-state index contributed by atoms with van der Waals surface area (Å²) >= 11 is 0. The van der Waals surface area contributed by atoms with Crippen LogP contribution in [0.25, 0.3) is 0 Å². The number of hydrogen-bond donors (Lipinski definition) is 0. The number of hydrogen-bond acceptors (Lipinski definition) is 2. The van der Waals surface area contributed by atoms with Crippen molar-refractivity contribution in [3.05, 3.63) is 57.9 Å². The Balaban J connectivity index is 1.47. The normalized spacial score (nSPS) is 20.2. The summed E-state index contributed by atoms with van der Waals surface area (Å²) in [7, 11) is 0. The van der Waals surface area contributed by atoms with E-state index in [0.717, 1.165) is 45.1 Å². The number of rotatable bonds is 7. The van der Waals surface area contributed by atoms with Gasteiger partial charge < -0.3 is 9.47 Å². The van der Waals surface area contributed by atoms with Crippen LogP contribution < -0.4 is 4.74 Å². The van der Waals surface area contributed by atoms with Gasteiger partial charge in [-0.2, -0.15) is 4.39 Å². The zero-order chi connectivity index (χ0) is 22.0. The molecule has 2 aliphatic rings. The summed E-state index contributed by atoms with van der Waals surface area (Å²) in [5, 5.41) is 0. The second kappa shape index (κ2) is 9.64. The van der Waals surface area contributed by atoms with Gasteiger partial charge in [0.2, 0.25) is 5.82 Å². The molecule has 4 rings (SSSR count). The van der Waals surface area contributed by atoms with Gasteiger partial charge in [0.15, 0.2) is 23.1 Å². The van der Waals surface area contributed by atoms with Crippen molar-refractivity contribution in [1.29, 1.82) is 0 Å². The van der Waals surface area contributed by atoms with Crippen molar-refractivity contribution in [1.82, 2.24) is 0 Å². The Morgan fingerprint density at radius 3 is 2.35 bits per heavy atom. The molecule has 1 saturated heterocycles. The molecule has 0 spiro atoms. The third-order valence-electron chi connectivity index (χ3n) is 6.57. The Kier molecular flexibility index (Phi) is 6.90. The predicted molar refractivity (Wildman–Crippen MR) is 115 cm³/mol. The van der Waals surface area contributed by atoms with Crippen molar-refractivity contribution in [2.45, 2.75) is 77.7 Å². The van der Waals surface area contributed by atoms with Gasteiger partial charge in [-0.1, -0.05) is 38.8 Å². The number of halogens is 3. The first kappa shape index (κ1) is 22.2. The molecule has 2 aromatic carbocycles. The molecule has 0 aromatic heterocycles. The fraction of sp³-hybridized carbons (Fsp3) is 0.538. The molecule has 0 radical (unpaired) electrons. The van der Waals surface area contributed by atoms with Crippen LogP contribution in [0.1, 0.15) is 74.6 Å². The first-order valence-electron chi connectivity index (χ1n) is 11.6. The molecule has 2 aromatic rings. The predicted octanol–water partition coefficient (Wildman–Crippen LogP) is 7.28. The second-order valence-corrected chi connectivity index (χ2v) is 8.93. The first-order valence-corrected chi connectivity index (χ1v) is 11.6. The Labute approximate surface area is 182 Å². The molecule has 0 aliphatic carbocycles. The lowest BCUT2D eigenvalue weighted by Gasteiger charge is -2.29. The summed E-state index contributed by atoms with van der Waals surface area (Å²) in [6.45, 7) is 4.81. The molecule has 2 nitrogen and oxygen atoms in total. The number of ether oxygens (including phenoxy) is 2. The van der Waals surface area contributed by atoms with Crippen LogP contribution in [-0.2, 0) is 24.0 Å². The highest BCUT2D eigenvalue weighted by molar-refractivity contribution is 5.53. The molecule has 0 N–H and O–H groups in total. The maximum atomic E-state index is 15.2. The van der Waals surface area contributed by atoms with Gasteiger partial charge in [0, 0.05) is 24.2 Å². The van der Waals surface area contributed by atoms with E-state index in [0.29, 0.717) is 53.5 Å². The van der Waals surface area contributed by atoms with Crippen LogP contribution in [0.5, 0.6) is 11.5 Å². The lowest BCUT2D eigenvalue weighted by molar-refractivity contribution is -0.0218. The number of aryl methyl sites for hydroxylation is 2. The van der Waals surface area contributed by atoms with Crippen molar-refractivity contribution >= 4 is 0 Å². The van der Waals surface area contributed by atoms with Crippen molar-refractivity contribution < 1.29 is 22.6 Å². The average molecular weight is 433 g/mol. The molecular weight excluding hydrogens is 401 g/mol. The highest BCUT2D eigenvalue weighted by Gasteiger charge is 2.28. The molecule has 0 amide bonds. The molecule has 168 valence electrons.